The molecule has 0 aliphatic carbocycles. The number of rotatable bonds is 3. The van der Waals surface area contributed by atoms with Gasteiger partial charge in [0.2, 0.25) is 11.8 Å². The molecule has 0 spiro atoms. The summed E-state index contributed by atoms with van der Waals surface area (Å²) in [4.78, 5) is 31.0. The van der Waals surface area contributed by atoms with E-state index in [1.807, 2.05) is 38.1 Å². The van der Waals surface area contributed by atoms with Crippen LogP contribution in [0.2, 0.25) is 0 Å². The van der Waals surface area contributed by atoms with E-state index in [9.17, 15) is 9.59 Å². The molecule has 1 unspecified atom stereocenters. The number of hydrogen-bond acceptors (Lipinski definition) is 4. The predicted octanol–water partition coefficient (Wildman–Crippen LogP) is 2.66. The summed E-state index contributed by atoms with van der Waals surface area (Å²) >= 11 is 6.56. The third kappa shape index (κ3) is 3.27. The van der Waals surface area contributed by atoms with E-state index >= 15 is 0 Å². The van der Waals surface area contributed by atoms with Gasteiger partial charge in [0.15, 0.2) is 3.95 Å². The van der Waals surface area contributed by atoms with E-state index in [1.165, 1.54) is 11.3 Å². The van der Waals surface area contributed by atoms with Gasteiger partial charge in [0, 0.05) is 23.7 Å². The number of thiazole rings is 1. The zero-order valence-corrected chi connectivity index (χ0v) is 15.2. The van der Waals surface area contributed by atoms with Gasteiger partial charge in [0.25, 0.3) is 0 Å². The third-order valence-electron chi connectivity index (χ3n) is 4.25. The standard InChI is InChI=1S/C17H19N3O2S2/c1-10-5-3-4-6-12(10)15-16(22)18-7-8-20(15)14(21)9-13-11(2)19-17(23)24-13/h3-6,15H,7-9H2,1-2H3,(H,18,22)(H,19,23). The van der Waals surface area contributed by atoms with Crippen LogP contribution >= 0.6 is 23.6 Å². The number of carbonyl (C=O) groups is 2. The van der Waals surface area contributed by atoms with Crippen LogP contribution in [0.4, 0.5) is 0 Å². The first-order valence-electron chi connectivity index (χ1n) is 7.78. The van der Waals surface area contributed by atoms with Crippen molar-refractivity contribution in [2.75, 3.05) is 13.1 Å². The van der Waals surface area contributed by atoms with Crippen LogP contribution in [-0.4, -0.2) is 34.8 Å². The monoisotopic (exact) mass is 361 g/mol. The normalized spacial score (nSPS) is 17.7. The summed E-state index contributed by atoms with van der Waals surface area (Å²) in [7, 11) is 0. The van der Waals surface area contributed by atoms with Crippen molar-refractivity contribution < 1.29 is 9.59 Å². The number of aryl methyl sites for hydroxylation is 2. The average Bonchev–Trinajstić information content (AvgIpc) is 2.85. The average molecular weight is 361 g/mol. The summed E-state index contributed by atoms with van der Waals surface area (Å²) in [5, 5.41) is 2.87. The Hall–Kier alpha value is -1.99. The SMILES string of the molecule is Cc1ccccc1C1C(=O)NCCN1C(=O)Cc1sc(=S)[nH]c1C. The van der Waals surface area contributed by atoms with Gasteiger partial charge in [-0.25, -0.2) is 0 Å². The zero-order chi connectivity index (χ0) is 17.3. The number of aromatic nitrogens is 1. The lowest BCUT2D eigenvalue weighted by Gasteiger charge is -2.36. The molecule has 1 aromatic heterocycles. The van der Waals surface area contributed by atoms with E-state index in [4.69, 9.17) is 12.2 Å². The van der Waals surface area contributed by atoms with E-state index in [2.05, 4.69) is 10.3 Å². The second kappa shape index (κ2) is 6.86. The first kappa shape index (κ1) is 16.9. The number of aromatic amines is 1. The van der Waals surface area contributed by atoms with Gasteiger partial charge in [-0.15, -0.1) is 11.3 Å². The number of nitrogens with one attached hydrogen (secondary N) is 2. The third-order valence-corrected chi connectivity index (χ3v) is 5.59. The highest BCUT2D eigenvalue weighted by Gasteiger charge is 2.35. The molecule has 7 heteroatoms. The number of H-pyrrole nitrogens is 1. The van der Waals surface area contributed by atoms with Crippen molar-refractivity contribution in [3.63, 3.8) is 0 Å². The number of piperazine rings is 1. The molecule has 1 aromatic carbocycles. The Morgan fingerprint density at radius 2 is 2.12 bits per heavy atom. The van der Waals surface area contributed by atoms with Crippen molar-refractivity contribution >= 4 is 35.4 Å². The Labute approximate surface area is 149 Å². The summed E-state index contributed by atoms with van der Waals surface area (Å²) < 4.78 is 0.669. The molecule has 2 N–H and O–H groups in total. The Balaban J connectivity index is 1.90. The number of amides is 2. The molecular weight excluding hydrogens is 342 g/mol. The van der Waals surface area contributed by atoms with E-state index in [-0.39, 0.29) is 18.2 Å². The Kier molecular flexibility index (Phi) is 4.82. The Morgan fingerprint density at radius 3 is 2.79 bits per heavy atom. The molecule has 5 nitrogen and oxygen atoms in total. The van der Waals surface area contributed by atoms with Crippen LogP contribution in [0.25, 0.3) is 0 Å². The summed E-state index contributed by atoms with van der Waals surface area (Å²) in [5.41, 5.74) is 2.81. The molecule has 1 aliphatic rings. The highest BCUT2D eigenvalue weighted by atomic mass is 32.1. The smallest absolute Gasteiger partial charge is 0.247 e. The highest BCUT2D eigenvalue weighted by molar-refractivity contribution is 7.73. The lowest BCUT2D eigenvalue weighted by molar-refractivity contribution is -0.143. The fourth-order valence-corrected chi connectivity index (χ4v) is 4.27. The van der Waals surface area contributed by atoms with Crippen LogP contribution < -0.4 is 5.32 Å². The molecule has 126 valence electrons. The maximum Gasteiger partial charge on any atom is 0.247 e. The second-order valence-corrected chi connectivity index (χ2v) is 7.65. The summed E-state index contributed by atoms with van der Waals surface area (Å²) in [6.45, 7) is 4.87. The first-order chi connectivity index (χ1) is 11.5. The molecule has 0 saturated carbocycles. The van der Waals surface area contributed by atoms with Crippen LogP contribution in [0, 0.1) is 17.8 Å². The second-order valence-electron chi connectivity index (χ2n) is 5.88. The van der Waals surface area contributed by atoms with Gasteiger partial charge < -0.3 is 15.2 Å². The van der Waals surface area contributed by atoms with Gasteiger partial charge >= 0.3 is 0 Å². The fraction of sp³-hybridized carbons (Fsp3) is 0.353. The highest BCUT2D eigenvalue weighted by Crippen LogP contribution is 2.27. The molecule has 1 fully saturated rings. The van der Waals surface area contributed by atoms with Crippen LogP contribution in [0.1, 0.15) is 27.7 Å². The van der Waals surface area contributed by atoms with E-state index in [0.717, 1.165) is 21.7 Å². The first-order valence-corrected chi connectivity index (χ1v) is 9.01. The lowest BCUT2D eigenvalue weighted by Crippen LogP contribution is -2.52. The van der Waals surface area contributed by atoms with Crippen LogP contribution in [0.3, 0.4) is 0 Å². The van der Waals surface area contributed by atoms with E-state index < -0.39 is 6.04 Å². The molecule has 1 saturated heterocycles. The summed E-state index contributed by atoms with van der Waals surface area (Å²) in [5.74, 6) is -0.172. The Bertz CT molecular complexity index is 840. The minimum atomic E-state index is -0.570. The topological polar surface area (TPSA) is 65.2 Å². The Morgan fingerprint density at radius 1 is 1.38 bits per heavy atom. The molecule has 0 radical (unpaired) electrons. The molecule has 0 bridgehead atoms. The number of hydrogen-bond donors (Lipinski definition) is 2. The zero-order valence-electron chi connectivity index (χ0n) is 13.6. The molecular formula is C17H19N3O2S2. The van der Waals surface area contributed by atoms with Gasteiger partial charge in [-0.2, -0.15) is 0 Å². The van der Waals surface area contributed by atoms with Gasteiger partial charge in [0.05, 0.1) is 6.42 Å². The number of nitrogens with zero attached hydrogens (tertiary/aromatic N) is 1. The number of benzene rings is 1. The minimum Gasteiger partial charge on any atom is -0.352 e. The maximum absolute atomic E-state index is 12.9. The van der Waals surface area contributed by atoms with Crippen molar-refractivity contribution in [3.8, 4) is 0 Å². The molecule has 1 aliphatic heterocycles. The van der Waals surface area contributed by atoms with Crippen LogP contribution in [0.15, 0.2) is 24.3 Å². The van der Waals surface area contributed by atoms with Gasteiger partial charge in [-0.1, -0.05) is 24.3 Å². The van der Waals surface area contributed by atoms with Crippen molar-refractivity contribution in [2.45, 2.75) is 26.3 Å². The minimum absolute atomic E-state index is 0.0496. The summed E-state index contributed by atoms with van der Waals surface area (Å²) in [6, 6.07) is 7.13. The number of carbonyl (C=O) groups excluding carboxylic acids is 2. The molecule has 1 atom stereocenters. The largest absolute Gasteiger partial charge is 0.352 e. The van der Waals surface area contributed by atoms with Gasteiger partial charge in [0.1, 0.15) is 6.04 Å². The maximum atomic E-state index is 12.9. The fourth-order valence-electron chi connectivity index (χ4n) is 2.98. The molecule has 2 heterocycles. The van der Waals surface area contributed by atoms with Crippen molar-refractivity contribution in [1.29, 1.82) is 0 Å². The van der Waals surface area contributed by atoms with E-state index in [0.29, 0.717) is 17.0 Å². The van der Waals surface area contributed by atoms with Gasteiger partial charge in [-0.3, -0.25) is 9.59 Å². The van der Waals surface area contributed by atoms with Crippen molar-refractivity contribution in [1.82, 2.24) is 15.2 Å². The molecule has 2 aromatic rings. The molecule has 24 heavy (non-hydrogen) atoms. The lowest BCUT2D eigenvalue weighted by atomic mass is 9.97. The van der Waals surface area contributed by atoms with Crippen molar-refractivity contribution in [2.24, 2.45) is 0 Å². The van der Waals surface area contributed by atoms with Gasteiger partial charge in [-0.05, 0) is 37.2 Å². The molecule has 2 amide bonds. The molecule has 3 rings (SSSR count). The predicted molar refractivity (Wildman–Crippen MR) is 96.6 cm³/mol. The van der Waals surface area contributed by atoms with Crippen LogP contribution in [0.5, 0.6) is 0 Å². The van der Waals surface area contributed by atoms with Crippen LogP contribution in [-0.2, 0) is 16.0 Å². The van der Waals surface area contributed by atoms with E-state index in [1.54, 1.807) is 4.90 Å². The summed E-state index contributed by atoms with van der Waals surface area (Å²) in [6.07, 6.45) is 0.263. The van der Waals surface area contributed by atoms with Crippen molar-refractivity contribution in [3.05, 3.63) is 49.9 Å². The quantitative estimate of drug-likeness (QED) is 0.826.